The maximum atomic E-state index is 12.6. The van der Waals surface area contributed by atoms with E-state index >= 15 is 0 Å². The van der Waals surface area contributed by atoms with Crippen LogP contribution in [0.2, 0.25) is 5.02 Å². The van der Waals surface area contributed by atoms with E-state index in [2.05, 4.69) is 4.79 Å². The molecule has 0 bridgehead atoms. The fraction of sp³-hybridized carbons (Fsp3) is 0.417. The number of rotatable bonds is 3. The number of halogens is 1. The van der Waals surface area contributed by atoms with Gasteiger partial charge < -0.3 is 5.53 Å². The van der Waals surface area contributed by atoms with Crippen LogP contribution in [-0.4, -0.2) is 31.4 Å². The Kier molecular flexibility index (Phi) is 4.53. The molecule has 9 heteroatoms. The molecular weight excluding hydrogens is 336 g/mol. The van der Waals surface area contributed by atoms with Crippen LogP contribution in [0.5, 0.6) is 0 Å². The van der Waals surface area contributed by atoms with Gasteiger partial charge in [0.2, 0.25) is 0 Å². The van der Waals surface area contributed by atoms with Gasteiger partial charge in [-0.15, -0.1) is 0 Å². The topological polar surface area (TPSA) is 105 Å². The standard InChI is InChI=1S/C12H13ClN2O4S2/c13-9-5-1-2-6-10(9)21(18,19)11(15-14)12(20(16)17)7-3-4-8-12/h1-2,5-6,20H,3-4,7-8H2. The first-order valence-electron chi connectivity index (χ1n) is 6.23. The highest BCUT2D eigenvalue weighted by Gasteiger charge is 2.55. The van der Waals surface area contributed by atoms with Gasteiger partial charge in [-0.3, -0.25) is 0 Å². The van der Waals surface area contributed by atoms with Gasteiger partial charge in [0.05, 0.1) is 9.92 Å². The van der Waals surface area contributed by atoms with Gasteiger partial charge in [-0.2, -0.15) is 4.79 Å². The Labute approximate surface area is 129 Å². The Morgan fingerprint density at radius 3 is 2.29 bits per heavy atom. The zero-order chi connectivity index (χ0) is 15.7. The van der Waals surface area contributed by atoms with Gasteiger partial charge in [0.25, 0.3) is 9.84 Å². The van der Waals surface area contributed by atoms with Crippen molar-refractivity contribution >= 4 is 37.2 Å². The molecule has 0 unspecified atom stereocenters. The molecule has 114 valence electrons. The van der Waals surface area contributed by atoms with Crippen LogP contribution in [0.3, 0.4) is 0 Å². The average Bonchev–Trinajstić information content (AvgIpc) is 2.90. The second kappa shape index (κ2) is 5.88. The number of thiol groups is 1. The summed E-state index contributed by atoms with van der Waals surface area (Å²) in [7, 11) is -7.39. The normalized spacial score (nSPS) is 17.6. The molecule has 1 aromatic carbocycles. The summed E-state index contributed by atoms with van der Waals surface area (Å²) in [6.45, 7) is 0. The van der Waals surface area contributed by atoms with Gasteiger partial charge in [-0.25, -0.2) is 16.8 Å². The third kappa shape index (κ3) is 2.64. The molecule has 1 fully saturated rings. The van der Waals surface area contributed by atoms with Crippen LogP contribution >= 0.6 is 11.6 Å². The monoisotopic (exact) mass is 348 g/mol. The molecule has 2 rings (SSSR count). The lowest BCUT2D eigenvalue weighted by atomic mass is 10.1. The summed E-state index contributed by atoms with van der Waals surface area (Å²) < 4.78 is 46.9. The quantitative estimate of drug-likeness (QED) is 0.295. The first kappa shape index (κ1) is 16.2. The lowest BCUT2D eigenvalue weighted by Crippen LogP contribution is -2.43. The van der Waals surface area contributed by atoms with E-state index < -0.39 is 30.3 Å². The Bertz CT molecular complexity index is 781. The zero-order valence-corrected chi connectivity index (χ0v) is 13.4. The molecule has 0 aromatic heterocycles. The molecule has 0 heterocycles. The Hall–Kier alpha value is -1.21. The highest BCUT2D eigenvalue weighted by atomic mass is 35.5. The lowest BCUT2D eigenvalue weighted by molar-refractivity contribution is -0.00601. The van der Waals surface area contributed by atoms with Gasteiger partial charge in [0.15, 0.2) is 15.5 Å². The molecule has 0 radical (unpaired) electrons. The van der Waals surface area contributed by atoms with Crippen LogP contribution < -0.4 is 0 Å². The maximum absolute atomic E-state index is 12.6. The third-order valence-corrected chi connectivity index (χ3v) is 7.52. The van der Waals surface area contributed by atoms with Crippen LogP contribution in [0.4, 0.5) is 0 Å². The van der Waals surface area contributed by atoms with E-state index in [-0.39, 0.29) is 22.8 Å². The molecule has 0 aliphatic heterocycles. The molecule has 0 spiro atoms. The summed E-state index contributed by atoms with van der Waals surface area (Å²) >= 11 is 5.87. The molecule has 1 aliphatic carbocycles. The van der Waals surface area contributed by atoms with Crippen molar-refractivity contribution in [1.29, 1.82) is 0 Å². The van der Waals surface area contributed by atoms with E-state index in [1.165, 1.54) is 18.2 Å². The van der Waals surface area contributed by atoms with Crippen LogP contribution in [-0.2, 0) is 20.5 Å². The number of benzene rings is 1. The van der Waals surface area contributed by atoms with Gasteiger partial charge >= 0.3 is 5.04 Å². The van der Waals surface area contributed by atoms with E-state index in [0.717, 1.165) is 0 Å². The predicted molar refractivity (Wildman–Crippen MR) is 78.8 cm³/mol. The van der Waals surface area contributed by atoms with Crippen molar-refractivity contribution in [3.05, 3.63) is 34.8 Å². The van der Waals surface area contributed by atoms with Crippen molar-refractivity contribution in [2.24, 2.45) is 0 Å². The first-order chi connectivity index (χ1) is 9.86. The number of sulfone groups is 1. The van der Waals surface area contributed by atoms with Crippen molar-refractivity contribution in [2.75, 3.05) is 0 Å². The number of nitrogens with zero attached hydrogens (tertiary/aromatic N) is 2. The van der Waals surface area contributed by atoms with E-state index in [9.17, 15) is 22.4 Å². The zero-order valence-electron chi connectivity index (χ0n) is 10.9. The molecule has 0 saturated heterocycles. The lowest BCUT2D eigenvalue weighted by Gasteiger charge is -2.16. The molecule has 1 aromatic rings. The molecule has 6 nitrogen and oxygen atoms in total. The third-order valence-electron chi connectivity index (χ3n) is 3.65. The van der Waals surface area contributed by atoms with Gasteiger partial charge in [-0.05, 0) is 25.0 Å². The largest absolute Gasteiger partial charge is 0.406 e. The van der Waals surface area contributed by atoms with E-state index in [1.54, 1.807) is 6.07 Å². The number of hydrogen-bond acceptors (Lipinski definition) is 4. The summed E-state index contributed by atoms with van der Waals surface area (Å²) in [6.07, 6.45) is 1.35. The summed E-state index contributed by atoms with van der Waals surface area (Å²) in [4.78, 5) is 2.58. The van der Waals surface area contributed by atoms with Crippen molar-refractivity contribution in [1.82, 2.24) is 0 Å². The second-order valence-corrected chi connectivity index (χ2v) is 8.45. The minimum absolute atomic E-state index is 0.0482. The summed E-state index contributed by atoms with van der Waals surface area (Å²) in [6, 6.07) is 5.65. The summed E-state index contributed by atoms with van der Waals surface area (Å²) in [5, 5.41) is -0.787. The van der Waals surface area contributed by atoms with Crippen molar-refractivity contribution in [3.8, 4) is 0 Å². The second-order valence-electron chi connectivity index (χ2n) is 4.83. The van der Waals surface area contributed by atoms with Gasteiger partial charge in [0, 0.05) is 0 Å². The minimum Gasteiger partial charge on any atom is -0.360 e. The van der Waals surface area contributed by atoms with Crippen LogP contribution in [0.25, 0.3) is 5.53 Å². The van der Waals surface area contributed by atoms with Crippen molar-refractivity contribution < 1.29 is 21.6 Å². The van der Waals surface area contributed by atoms with Gasteiger partial charge in [0.1, 0.15) is 0 Å². The van der Waals surface area contributed by atoms with Crippen LogP contribution in [0.15, 0.2) is 29.2 Å². The van der Waals surface area contributed by atoms with Crippen molar-refractivity contribution in [2.45, 2.75) is 35.3 Å². The Morgan fingerprint density at radius 1 is 1.24 bits per heavy atom. The highest BCUT2D eigenvalue weighted by Crippen LogP contribution is 2.37. The Morgan fingerprint density at radius 2 is 1.81 bits per heavy atom. The highest BCUT2D eigenvalue weighted by molar-refractivity contribution is 8.07. The van der Waals surface area contributed by atoms with Crippen molar-refractivity contribution in [3.63, 3.8) is 0 Å². The molecule has 0 atom stereocenters. The smallest absolute Gasteiger partial charge is 0.360 e. The molecule has 21 heavy (non-hydrogen) atoms. The van der Waals surface area contributed by atoms with Gasteiger partial charge in [-0.1, -0.05) is 36.6 Å². The van der Waals surface area contributed by atoms with E-state index in [0.29, 0.717) is 12.8 Å². The fourth-order valence-electron chi connectivity index (χ4n) is 2.60. The SMILES string of the molecule is [N-]=[N+]=C(C1([SH](=O)=O)CCCC1)S(=O)(=O)c1ccccc1Cl. The van der Waals surface area contributed by atoms with E-state index in [1.807, 2.05) is 0 Å². The summed E-state index contributed by atoms with van der Waals surface area (Å²) in [5.41, 5.74) is 9.19. The summed E-state index contributed by atoms with van der Waals surface area (Å²) in [5.74, 6) is 0. The fourth-order valence-corrected chi connectivity index (χ4v) is 6.11. The predicted octanol–water partition coefficient (Wildman–Crippen LogP) is 1.67. The maximum Gasteiger partial charge on any atom is 0.406 e. The molecule has 1 saturated carbocycles. The number of hydrogen-bond donors (Lipinski definition) is 1. The molecular formula is C12H13ClN2O4S2. The Balaban J connectivity index is 2.67. The molecule has 0 N–H and O–H groups in total. The molecule has 0 amide bonds. The molecule has 1 aliphatic rings. The van der Waals surface area contributed by atoms with Crippen LogP contribution in [0.1, 0.15) is 25.7 Å². The first-order valence-corrected chi connectivity index (χ1v) is 9.27. The minimum atomic E-state index is -4.28. The van der Waals surface area contributed by atoms with E-state index in [4.69, 9.17) is 11.6 Å². The van der Waals surface area contributed by atoms with Crippen LogP contribution in [0, 0.1) is 0 Å². The average molecular weight is 349 g/mol.